The van der Waals surface area contributed by atoms with Gasteiger partial charge in [0.15, 0.2) is 0 Å². The fourth-order valence-electron chi connectivity index (χ4n) is 2.65. The van der Waals surface area contributed by atoms with Crippen LogP contribution in [0.15, 0.2) is 11.6 Å². The van der Waals surface area contributed by atoms with Crippen molar-refractivity contribution in [3.05, 3.63) is 11.6 Å². The molecule has 0 bridgehead atoms. The van der Waals surface area contributed by atoms with E-state index in [1.807, 2.05) is 0 Å². The van der Waals surface area contributed by atoms with Crippen LogP contribution in [-0.2, 0) is 0 Å². The Morgan fingerprint density at radius 3 is 2.87 bits per heavy atom. The molecule has 1 aliphatic carbocycles. The Labute approximate surface area is 95.3 Å². The van der Waals surface area contributed by atoms with E-state index in [9.17, 15) is 0 Å². The van der Waals surface area contributed by atoms with E-state index in [0.717, 1.165) is 11.8 Å². The molecule has 0 aromatic rings. The average Bonchev–Trinajstić information content (AvgIpc) is 2.16. The van der Waals surface area contributed by atoms with Crippen LogP contribution < -0.4 is 5.32 Å². The van der Waals surface area contributed by atoms with E-state index in [4.69, 9.17) is 0 Å². The molecule has 1 nitrogen and oxygen atoms in total. The Morgan fingerprint density at radius 2 is 2.20 bits per heavy atom. The third kappa shape index (κ3) is 5.36. The van der Waals surface area contributed by atoms with Crippen molar-refractivity contribution in [2.24, 2.45) is 11.8 Å². The van der Waals surface area contributed by atoms with Gasteiger partial charge in [-0.05, 0) is 51.1 Å². The van der Waals surface area contributed by atoms with Crippen molar-refractivity contribution in [1.82, 2.24) is 5.32 Å². The maximum Gasteiger partial charge on any atom is -0.00172 e. The Balaban J connectivity index is 2.09. The molecule has 1 heteroatoms. The Morgan fingerprint density at radius 1 is 1.40 bits per heavy atom. The minimum absolute atomic E-state index is 0.793. The van der Waals surface area contributed by atoms with Crippen LogP contribution in [-0.4, -0.2) is 13.1 Å². The Hall–Kier alpha value is -0.300. The third-order valence-corrected chi connectivity index (χ3v) is 3.27. The van der Waals surface area contributed by atoms with Gasteiger partial charge in [-0.2, -0.15) is 0 Å². The number of unbranched alkanes of at least 4 members (excludes halogenated alkanes) is 2. The lowest BCUT2D eigenvalue weighted by Crippen LogP contribution is -2.26. The smallest absolute Gasteiger partial charge is 0.00172 e. The topological polar surface area (TPSA) is 12.0 Å². The predicted octanol–water partition coefficient (Wildman–Crippen LogP) is 3.76. The maximum atomic E-state index is 3.60. The van der Waals surface area contributed by atoms with Crippen LogP contribution in [0.1, 0.15) is 52.9 Å². The molecule has 15 heavy (non-hydrogen) atoms. The van der Waals surface area contributed by atoms with E-state index >= 15 is 0 Å². The van der Waals surface area contributed by atoms with Crippen molar-refractivity contribution >= 4 is 0 Å². The van der Waals surface area contributed by atoms with Crippen molar-refractivity contribution in [2.45, 2.75) is 52.9 Å². The van der Waals surface area contributed by atoms with E-state index in [1.165, 1.54) is 45.2 Å². The molecule has 0 aromatic heterocycles. The lowest BCUT2D eigenvalue weighted by Gasteiger charge is -2.25. The highest BCUT2D eigenvalue weighted by Crippen LogP contribution is 2.27. The molecule has 0 radical (unpaired) electrons. The lowest BCUT2D eigenvalue weighted by molar-refractivity contribution is 0.380. The summed E-state index contributed by atoms with van der Waals surface area (Å²) >= 11 is 0. The van der Waals surface area contributed by atoms with Gasteiger partial charge in [0.25, 0.3) is 0 Å². The summed E-state index contributed by atoms with van der Waals surface area (Å²) in [6.07, 6.45) is 9.15. The van der Waals surface area contributed by atoms with E-state index in [-0.39, 0.29) is 0 Å². The van der Waals surface area contributed by atoms with Crippen LogP contribution in [0.3, 0.4) is 0 Å². The van der Waals surface area contributed by atoms with E-state index in [0.29, 0.717) is 0 Å². The van der Waals surface area contributed by atoms with E-state index in [2.05, 4.69) is 32.2 Å². The van der Waals surface area contributed by atoms with Crippen molar-refractivity contribution < 1.29 is 0 Å². The van der Waals surface area contributed by atoms with Gasteiger partial charge in [-0.3, -0.25) is 0 Å². The number of hydrogen-bond donors (Lipinski definition) is 1. The summed E-state index contributed by atoms with van der Waals surface area (Å²) in [6.45, 7) is 9.31. The van der Waals surface area contributed by atoms with Crippen molar-refractivity contribution in [3.63, 3.8) is 0 Å². The SMILES string of the molecule is CCCCCNCC1CC(C)=CC(C)C1. The van der Waals surface area contributed by atoms with Crippen molar-refractivity contribution in [3.8, 4) is 0 Å². The summed E-state index contributed by atoms with van der Waals surface area (Å²) in [4.78, 5) is 0. The summed E-state index contributed by atoms with van der Waals surface area (Å²) in [5, 5.41) is 3.60. The molecule has 0 saturated heterocycles. The zero-order valence-corrected chi connectivity index (χ0v) is 10.7. The van der Waals surface area contributed by atoms with Gasteiger partial charge in [-0.15, -0.1) is 0 Å². The van der Waals surface area contributed by atoms with Crippen molar-refractivity contribution in [1.29, 1.82) is 0 Å². The maximum absolute atomic E-state index is 3.60. The Bertz CT molecular complexity index is 196. The largest absolute Gasteiger partial charge is 0.316 e. The second-order valence-corrected chi connectivity index (χ2v) is 5.21. The second-order valence-electron chi connectivity index (χ2n) is 5.21. The Kier molecular flexibility index (Phi) is 6.00. The van der Waals surface area contributed by atoms with Gasteiger partial charge >= 0.3 is 0 Å². The molecule has 2 unspecified atom stereocenters. The molecular weight excluding hydrogens is 182 g/mol. The summed E-state index contributed by atoms with van der Waals surface area (Å²) in [7, 11) is 0. The van der Waals surface area contributed by atoms with Crippen LogP contribution in [0, 0.1) is 11.8 Å². The molecule has 2 atom stereocenters. The first-order chi connectivity index (χ1) is 7.22. The summed E-state index contributed by atoms with van der Waals surface area (Å²) < 4.78 is 0. The average molecular weight is 209 g/mol. The highest BCUT2D eigenvalue weighted by atomic mass is 14.9. The zero-order chi connectivity index (χ0) is 11.1. The standard InChI is InChI=1S/C14H27N/c1-4-5-6-7-15-11-14-9-12(2)8-13(3)10-14/h8,12,14-15H,4-7,9-11H2,1-3H3. The summed E-state index contributed by atoms with van der Waals surface area (Å²) in [5.41, 5.74) is 1.59. The van der Waals surface area contributed by atoms with Gasteiger partial charge in [-0.25, -0.2) is 0 Å². The van der Waals surface area contributed by atoms with Gasteiger partial charge in [-0.1, -0.05) is 38.3 Å². The molecule has 1 rings (SSSR count). The van der Waals surface area contributed by atoms with Crippen LogP contribution in [0.5, 0.6) is 0 Å². The van der Waals surface area contributed by atoms with Crippen LogP contribution in [0.25, 0.3) is 0 Å². The molecule has 88 valence electrons. The van der Waals surface area contributed by atoms with Crippen molar-refractivity contribution in [2.75, 3.05) is 13.1 Å². The van der Waals surface area contributed by atoms with Gasteiger partial charge in [0.05, 0.1) is 0 Å². The summed E-state index contributed by atoms with van der Waals surface area (Å²) in [6, 6.07) is 0. The number of rotatable bonds is 6. The molecule has 0 heterocycles. The zero-order valence-electron chi connectivity index (χ0n) is 10.7. The quantitative estimate of drug-likeness (QED) is 0.519. The monoisotopic (exact) mass is 209 g/mol. The number of allylic oxidation sites excluding steroid dienone is 2. The third-order valence-electron chi connectivity index (χ3n) is 3.27. The fourth-order valence-corrected chi connectivity index (χ4v) is 2.65. The number of nitrogens with one attached hydrogen (secondary N) is 1. The lowest BCUT2D eigenvalue weighted by atomic mass is 9.84. The van der Waals surface area contributed by atoms with E-state index < -0.39 is 0 Å². The first kappa shape index (κ1) is 12.8. The normalized spacial score (nSPS) is 26.5. The second kappa shape index (κ2) is 7.05. The molecule has 1 N–H and O–H groups in total. The first-order valence-electron chi connectivity index (χ1n) is 6.60. The van der Waals surface area contributed by atoms with Gasteiger partial charge in [0.2, 0.25) is 0 Å². The highest BCUT2D eigenvalue weighted by Gasteiger charge is 2.17. The molecule has 0 aromatic carbocycles. The summed E-state index contributed by atoms with van der Waals surface area (Å²) in [5.74, 6) is 1.67. The molecule has 1 aliphatic rings. The van der Waals surface area contributed by atoms with Crippen LogP contribution in [0.4, 0.5) is 0 Å². The molecular formula is C14H27N. The molecule has 0 amide bonds. The fraction of sp³-hybridized carbons (Fsp3) is 0.857. The van der Waals surface area contributed by atoms with Gasteiger partial charge in [0.1, 0.15) is 0 Å². The minimum atomic E-state index is 0.793. The highest BCUT2D eigenvalue weighted by molar-refractivity contribution is 5.06. The van der Waals surface area contributed by atoms with Gasteiger partial charge in [0, 0.05) is 0 Å². The minimum Gasteiger partial charge on any atom is -0.316 e. The van der Waals surface area contributed by atoms with Crippen LogP contribution in [0.2, 0.25) is 0 Å². The van der Waals surface area contributed by atoms with Gasteiger partial charge < -0.3 is 5.32 Å². The molecule has 0 spiro atoms. The first-order valence-corrected chi connectivity index (χ1v) is 6.60. The number of hydrogen-bond acceptors (Lipinski definition) is 1. The van der Waals surface area contributed by atoms with E-state index in [1.54, 1.807) is 5.57 Å². The predicted molar refractivity (Wildman–Crippen MR) is 68.0 cm³/mol. The molecule has 0 fully saturated rings. The van der Waals surface area contributed by atoms with Crippen LogP contribution >= 0.6 is 0 Å². The molecule has 0 saturated carbocycles. The molecule has 0 aliphatic heterocycles.